The van der Waals surface area contributed by atoms with Crippen molar-refractivity contribution in [1.29, 1.82) is 0 Å². The number of rotatable bonds is 5. The molecule has 5 heteroatoms. The van der Waals surface area contributed by atoms with Crippen LogP contribution in [0.25, 0.3) is 0 Å². The van der Waals surface area contributed by atoms with E-state index in [4.69, 9.17) is 10.5 Å². The van der Waals surface area contributed by atoms with Crippen LogP contribution in [0.5, 0.6) is 5.75 Å². The van der Waals surface area contributed by atoms with Crippen molar-refractivity contribution in [3.63, 3.8) is 0 Å². The number of hydrogen-bond acceptors (Lipinski definition) is 2. The number of methoxy groups -OCH3 is 1. The maximum Gasteiger partial charge on any atom is 0.193 e. The third kappa shape index (κ3) is 4.63. The van der Waals surface area contributed by atoms with Gasteiger partial charge in [0.15, 0.2) is 5.96 Å². The Labute approximate surface area is 160 Å². The Morgan fingerprint density at radius 1 is 1.17 bits per heavy atom. The van der Waals surface area contributed by atoms with Crippen molar-refractivity contribution in [3.8, 4) is 5.75 Å². The fourth-order valence-electron chi connectivity index (χ4n) is 3.04. The van der Waals surface area contributed by atoms with E-state index in [2.05, 4.69) is 34.6 Å². The Morgan fingerprint density at radius 3 is 2.79 bits per heavy atom. The second-order valence-electron chi connectivity index (χ2n) is 5.79. The lowest BCUT2D eigenvalue weighted by Crippen LogP contribution is -2.23. The van der Waals surface area contributed by atoms with Crippen molar-refractivity contribution in [2.45, 2.75) is 25.7 Å². The third-order valence-electron chi connectivity index (χ3n) is 4.23. The molecule has 0 saturated carbocycles. The summed E-state index contributed by atoms with van der Waals surface area (Å²) in [6, 6.07) is 14.4. The molecule has 2 aromatic rings. The van der Waals surface area contributed by atoms with Crippen LogP contribution in [0.1, 0.15) is 23.1 Å². The molecule has 3 N–H and O–H groups in total. The topological polar surface area (TPSA) is 59.6 Å². The first-order valence-electron chi connectivity index (χ1n) is 8.07. The van der Waals surface area contributed by atoms with Gasteiger partial charge in [0, 0.05) is 12.2 Å². The van der Waals surface area contributed by atoms with Crippen LogP contribution in [0.2, 0.25) is 0 Å². The number of nitrogens with one attached hydrogen (secondary N) is 1. The average Bonchev–Trinajstić information content (AvgIpc) is 3.03. The van der Waals surface area contributed by atoms with E-state index in [-0.39, 0.29) is 24.0 Å². The van der Waals surface area contributed by atoms with E-state index in [9.17, 15) is 0 Å². The first-order chi connectivity index (χ1) is 11.3. The monoisotopic (exact) mass is 437 g/mol. The predicted octanol–water partition coefficient (Wildman–Crippen LogP) is 3.77. The summed E-state index contributed by atoms with van der Waals surface area (Å²) in [5.41, 5.74) is 11.0. The van der Waals surface area contributed by atoms with Gasteiger partial charge >= 0.3 is 0 Å². The number of fused-ring (bicyclic) bond motifs is 1. The summed E-state index contributed by atoms with van der Waals surface area (Å²) in [4.78, 5) is 4.41. The Bertz CT molecular complexity index is 716. The van der Waals surface area contributed by atoms with Crippen LogP contribution < -0.4 is 15.8 Å². The van der Waals surface area contributed by atoms with E-state index in [1.165, 1.54) is 24.0 Å². The molecule has 0 heterocycles. The molecule has 0 bridgehead atoms. The van der Waals surface area contributed by atoms with E-state index in [1.807, 2.05) is 18.2 Å². The highest BCUT2D eigenvalue weighted by molar-refractivity contribution is 14.0. The molecule has 1 aliphatic rings. The maximum atomic E-state index is 5.99. The molecule has 0 unspecified atom stereocenters. The molecule has 4 nitrogen and oxygen atoms in total. The Hall–Kier alpha value is -1.76. The number of aryl methyl sites for hydroxylation is 2. The number of benzene rings is 2. The summed E-state index contributed by atoms with van der Waals surface area (Å²) in [6.45, 7) is 0.629. The van der Waals surface area contributed by atoms with Gasteiger partial charge in [-0.25, -0.2) is 0 Å². The molecule has 1 aliphatic carbocycles. The van der Waals surface area contributed by atoms with Crippen molar-refractivity contribution < 1.29 is 4.74 Å². The van der Waals surface area contributed by atoms with Crippen LogP contribution >= 0.6 is 24.0 Å². The molecule has 0 aliphatic heterocycles. The van der Waals surface area contributed by atoms with Gasteiger partial charge in [0.2, 0.25) is 0 Å². The van der Waals surface area contributed by atoms with Crippen molar-refractivity contribution in [1.82, 2.24) is 0 Å². The van der Waals surface area contributed by atoms with Crippen molar-refractivity contribution >= 4 is 35.6 Å². The Kier molecular flexibility index (Phi) is 6.90. The van der Waals surface area contributed by atoms with Crippen LogP contribution in [0.4, 0.5) is 5.69 Å². The molecule has 0 fully saturated rings. The Balaban J connectivity index is 0.00000208. The second-order valence-corrected chi connectivity index (χ2v) is 5.79. The SMILES string of the molecule is COc1ccccc1CCN=C(N)Nc1ccc2c(c1)CCC2.I. The fourth-order valence-corrected chi connectivity index (χ4v) is 3.04. The van der Waals surface area contributed by atoms with Crippen molar-refractivity contribution in [2.75, 3.05) is 19.0 Å². The minimum atomic E-state index is 0. The maximum absolute atomic E-state index is 5.99. The summed E-state index contributed by atoms with van der Waals surface area (Å²) >= 11 is 0. The number of aliphatic imine (C=N–C) groups is 1. The molecule has 2 aromatic carbocycles. The predicted molar refractivity (Wildman–Crippen MR) is 111 cm³/mol. The van der Waals surface area contributed by atoms with Crippen molar-refractivity contribution in [2.24, 2.45) is 10.7 Å². The molecule has 0 amide bonds. The lowest BCUT2D eigenvalue weighted by atomic mass is 10.1. The van der Waals surface area contributed by atoms with Crippen LogP contribution in [0.3, 0.4) is 0 Å². The number of hydrogen-bond donors (Lipinski definition) is 2. The number of guanidine groups is 1. The molecule has 0 aromatic heterocycles. The van der Waals surface area contributed by atoms with Gasteiger partial charge < -0.3 is 15.8 Å². The molecule has 24 heavy (non-hydrogen) atoms. The van der Waals surface area contributed by atoms with Gasteiger partial charge in [-0.05, 0) is 60.6 Å². The lowest BCUT2D eigenvalue weighted by Gasteiger charge is -2.09. The summed E-state index contributed by atoms with van der Waals surface area (Å²) in [5, 5.41) is 3.18. The van der Waals surface area contributed by atoms with E-state index >= 15 is 0 Å². The quantitative estimate of drug-likeness (QED) is 0.426. The van der Waals surface area contributed by atoms with Crippen LogP contribution in [-0.4, -0.2) is 19.6 Å². The smallest absolute Gasteiger partial charge is 0.193 e. The van der Waals surface area contributed by atoms with Crippen LogP contribution in [0, 0.1) is 0 Å². The molecule has 0 saturated heterocycles. The number of para-hydroxylation sites is 1. The van der Waals surface area contributed by atoms with E-state index < -0.39 is 0 Å². The zero-order valence-corrected chi connectivity index (χ0v) is 16.2. The van der Waals surface area contributed by atoms with Gasteiger partial charge in [-0.1, -0.05) is 24.3 Å². The standard InChI is InChI=1S/C19H23N3O.HI/c1-23-18-8-3-2-5-15(18)11-12-21-19(20)22-17-10-9-14-6-4-7-16(14)13-17;/h2-3,5,8-10,13H,4,6-7,11-12H2,1H3,(H3,20,21,22);1H. The van der Waals surface area contributed by atoms with Gasteiger partial charge in [-0.3, -0.25) is 4.99 Å². The van der Waals surface area contributed by atoms with Crippen LogP contribution in [0.15, 0.2) is 47.5 Å². The van der Waals surface area contributed by atoms with E-state index in [0.717, 1.165) is 29.8 Å². The van der Waals surface area contributed by atoms with Crippen molar-refractivity contribution in [3.05, 3.63) is 59.2 Å². The highest BCUT2D eigenvalue weighted by Crippen LogP contribution is 2.24. The summed E-state index contributed by atoms with van der Waals surface area (Å²) in [7, 11) is 1.69. The summed E-state index contributed by atoms with van der Waals surface area (Å²) < 4.78 is 5.35. The number of ether oxygens (including phenoxy) is 1. The summed E-state index contributed by atoms with van der Waals surface area (Å²) in [6.07, 6.45) is 4.41. The minimum absolute atomic E-state index is 0. The first kappa shape index (κ1) is 18.6. The molecule has 0 atom stereocenters. The van der Waals surface area contributed by atoms with E-state index in [1.54, 1.807) is 7.11 Å². The molecule has 3 rings (SSSR count). The molecule has 0 radical (unpaired) electrons. The van der Waals surface area contributed by atoms with E-state index in [0.29, 0.717) is 12.5 Å². The molecule has 0 spiro atoms. The highest BCUT2D eigenvalue weighted by atomic mass is 127. The molecule has 128 valence electrons. The van der Waals surface area contributed by atoms with Gasteiger partial charge in [0.1, 0.15) is 5.75 Å². The number of anilines is 1. The lowest BCUT2D eigenvalue weighted by molar-refractivity contribution is 0.410. The zero-order chi connectivity index (χ0) is 16.1. The number of nitrogens with zero attached hydrogens (tertiary/aromatic N) is 1. The van der Waals surface area contributed by atoms with Gasteiger partial charge in [-0.2, -0.15) is 0 Å². The number of nitrogens with two attached hydrogens (primary N) is 1. The second kappa shape index (κ2) is 8.92. The third-order valence-corrected chi connectivity index (χ3v) is 4.23. The van der Waals surface area contributed by atoms with Gasteiger partial charge in [0.05, 0.1) is 7.11 Å². The fraction of sp³-hybridized carbons (Fsp3) is 0.316. The molecular formula is C19H24IN3O. The van der Waals surface area contributed by atoms with Gasteiger partial charge in [-0.15, -0.1) is 24.0 Å². The minimum Gasteiger partial charge on any atom is -0.496 e. The normalized spacial score (nSPS) is 13.1. The largest absolute Gasteiger partial charge is 0.496 e. The van der Waals surface area contributed by atoms with Crippen LogP contribution in [-0.2, 0) is 19.3 Å². The molecular weight excluding hydrogens is 413 g/mol. The van der Waals surface area contributed by atoms with Gasteiger partial charge in [0.25, 0.3) is 0 Å². The average molecular weight is 437 g/mol. The first-order valence-corrected chi connectivity index (χ1v) is 8.07. The number of halogens is 1. The zero-order valence-electron chi connectivity index (χ0n) is 13.9. The summed E-state index contributed by atoms with van der Waals surface area (Å²) in [5.74, 6) is 1.35. The highest BCUT2D eigenvalue weighted by Gasteiger charge is 2.10. The Morgan fingerprint density at radius 2 is 1.96 bits per heavy atom.